The van der Waals surface area contributed by atoms with E-state index in [4.69, 9.17) is 0 Å². The van der Waals surface area contributed by atoms with E-state index in [9.17, 15) is 0 Å². The molecule has 0 saturated heterocycles. The van der Waals surface area contributed by atoms with Crippen LogP contribution in [0.4, 0.5) is 5.69 Å². The van der Waals surface area contributed by atoms with E-state index in [1.165, 1.54) is 29.3 Å². The summed E-state index contributed by atoms with van der Waals surface area (Å²) in [5.41, 5.74) is 1.23. The molecule has 2 unspecified atom stereocenters. The van der Waals surface area contributed by atoms with Crippen molar-refractivity contribution in [2.24, 2.45) is 5.92 Å². The van der Waals surface area contributed by atoms with Gasteiger partial charge in [0.2, 0.25) is 0 Å². The number of nitrogens with one attached hydrogen (secondary N) is 1. The maximum absolute atomic E-state index is 3.60. The minimum atomic E-state index is 0.529. The first kappa shape index (κ1) is 12.9. The number of hydrogen-bond acceptors (Lipinski definition) is 1. The smallest absolute Gasteiger partial charge is 0.0348 e. The Kier molecular flexibility index (Phi) is 4.24. The van der Waals surface area contributed by atoms with Gasteiger partial charge in [0.1, 0.15) is 0 Å². The predicted octanol–water partition coefficient (Wildman–Crippen LogP) is 5.08. The number of hydrogen-bond donors (Lipinski definition) is 1. The maximum Gasteiger partial charge on any atom is 0.0348 e. The molecule has 0 saturated carbocycles. The molecule has 96 valence electrons. The van der Waals surface area contributed by atoms with Gasteiger partial charge in [-0.05, 0) is 42.2 Å². The van der Waals surface area contributed by atoms with Crippen LogP contribution in [-0.2, 0) is 0 Å². The molecule has 2 aromatic rings. The van der Waals surface area contributed by atoms with Gasteiger partial charge in [0.15, 0.2) is 0 Å². The van der Waals surface area contributed by atoms with Gasteiger partial charge in [-0.15, -0.1) is 0 Å². The topological polar surface area (TPSA) is 12.0 Å². The second-order valence-corrected chi connectivity index (χ2v) is 5.36. The highest BCUT2D eigenvalue weighted by Gasteiger charge is 2.07. The number of benzene rings is 2. The Morgan fingerprint density at radius 2 is 1.72 bits per heavy atom. The van der Waals surface area contributed by atoms with Crippen molar-refractivity contribution in [1.82, 2.24) is 0 Å². The molecule has 0 radical (unpaired) electrons. The lowest BCUT2D eigenvalue weighted by molar-refractivity contribution is 0.484. The molecule has 1 nitrogen and oxygen atoms in total. The molecule has 1 heteroatoms. The highest BCUT2D eigenvalue weighted by atomic mass is 14.9. The van der Waals surface area contributed by atoms with Crippen LogP contribution in [0.25, 0.3) is 10.8 Å². The van der Waals surface area contributed by atoms with Crippen molar-refractivity contribution >= 4 is 16.5 Å². The third kappa shape index (κ3) is 3.25. The normalized spacial score (nSPS) is 14.4. The molecule has 2 atom stereocenters. The van der Waals surface area contributed by atoms with Crippen molar-refractivity contribution in [3.05, 3.63) is 42.5 Å². The van der Waals surface area contributed by atoms with Crippen LogP contribution in [0.1, 0.15) is 33.6 Å². The highest BCUT2D eigenvalue weighted by molar-refractivity contribution is 5.85. The summed E-state index contributed by atoms with van der Waals surface area (Å²) in [5.74, 6) is 0.785. The van der Waals surface area contributed by atoms with Gasteiger partial charge in [0.05, 0.1) is 0 Å². The molecule has 0 aromatic heterocycles. The largest absolute Gasteiger partial charge is 0.383 e. The zero-order valence-electron chi connectivity index (χ0n) is 11.6. The van der Waals surface area contributed by atoms with E-state index in [-0.39, 0.29) is 0 Å². The van der Waals surface area contributed by atoms with E-state index in [0.29, 0.717) is 6.04 Å². The molecule has 0 heterocycles. The lowest BCUT2D eigenvalue weighted by atomic mass is 10.00. The van der Waals surface area contributed by atoms with E-state index >= 15 is 0 Å². The molecule has 0 aliphatic rings. The van der Waals surface area contributed by atoms with Gasteiger partial charge in [-0.1, -0.05) is 50.6 Å². The maximum atomic E-state index is 3.60. The third-order valence-corrected chi connectivity index (χ3v) is 3.62. The van der Waals surface area contributed by atoms with Gasteiger partial charge in [-0.2, -0.15) is 0 Å². The van der Waals surface area contributed by atoms with Crippen LogP contribution >= 0.6 is 0 Å². The van der Waals surface area contributed by atoms with E-state index in [2.05, 4.69) is 68.6 Å². The highest BCUT2D eigenvalue weighted by Crippen LogP contribution is 2.20. The van der Waals surface area contributed by atoms with Crippen molar-refractivity contribution in [1.29, 1.82) is 0 Å². The Bertz CT molecular complexity index is 504. The average molecular weight is 241 g/mol. The summed E-state index contributed by atoms with van der Waals surface area (Å²) < 4.78 is 0. The fourth-order valence-electron chi connectivity index (χ4n) is 2.39. The Labute approximate surface area is 110 Å². The van der Waals surface area contributed by atoms with Crippen molar-refractivity contribution in [2.45, 2.75) is 39.7 Å². The lowest BCUT2D eigenvalue weighted by Crippen LogP contribution is -2.18. The van der Waals surface area contributed by atoms with Crippen molar-refractivity contribution in [3.8, 4) is 0 Å². The van der Waals surface area contributed by atoms with Crippen LogP contribution in [0.5, 0.6) is 0 Å². The number of rotatable bonds is 5. The van der Waals surface area contributed by atoms with Gasteiger partial charge in [-0.25, -0.2) is 0 Å². The summed E-state index contributed by atoms with van der Waals surface area (Å²) in [7, 11) is 0. The molecular formula is C17H23N. The first-order chi connectivity index (χ1) is 8.69. The monoisotopic (exact) mass is 241 g/mol. The Morgan fingerprint density at radius 3 is 2.44 bits per heavy atom. The molecule has 2 aromatic carbocycles. The lowest BCUT2D eigenvalue weighted by Gasteiger charge is -2.19. The summed E-state index contributed by atoms with van der Waals surface area (Å²) in [6, 6.07) is 15.6. The Balaban J connectivity index is 2.07. The molecule has 1 N–H and O–H groups in total. The van der Waals surface area contributed by atoms with E-state index < -0.39 is 0 Å². The zero-order chi connectivity index (χ0) is 13.0. The predicted molar refractivity (Wildman–Crippen MR) is 81.1 cm³/mol. The summed E-state index contributed by atoms with van der Waals surface area (Å²) >= 11 is 0. The van der Waals surface area contributed by atoms with Crippen LogP contribution in [0.15, 0.2) is 42.5 Å². The Hall–Kier alpha value is -1.50. The molecule has 0 aliphatic carbocycles. The molecule has 2 rings (SSSR count). The molecule has 0 spiro atoms. The number of anilines is 1. The van der Waals surface area contributed by atoms with Crippen molar-refractivity contribution < 1.29 is 0 Å². The van der Waals surface area contributed by atoms with E-state index in [1.54, 1.807) is 0 Å². The second kappa shape index (κ2) is 5.90. The molecule has 18 heavy (non-hydrogen) atoms. The van der Waals surface area contributed by atoms with Crippen LogP contribution < -0.4 is 5.32 Å². The zero-order valence-corrected chi connectivity index (χ0v) is 11.6. The minimum Gasteiger partial charge on any atom is -0.383 e. The van der Waals surface area contributed by atoms with Gasteiger partial charge in [0.25, 0.3) is 0 Å². The average Bonchev–Trinajstić information content (AvgIpc) is 2.38. The molecular weight excluding hydrogens is 218 g/mol. The van der Waals surface area contributed by atoms with Crippen molar-refractivity contribution in [3.63, 3.8) is 0 Å². The molecule has 0 aliphatic heterocycles. The summed E-state index contributed by atoms with van der Waals surface area (Å²) in [5, 5.41) is 6.21. The first-order valence-electron chi connectivity index (χ1n) is 6.94. The van der Waals surface area contributed by atoms with Crippen LogP contribution in [-0.4, -0.2) is 6.04 Å². The SMILES string of the molecule is CCC(C)CC(C)Nc1ccc2ccccc2c1. The number of fused-ring (bicyclic) bond motifs is 1. The third-order valence-electron chi connectivity index (χ3n) is 3.62. The summed E-state index contributed by atoms with van der Waals surface area (Å²) in [6.45, 7) is 6.84. The summed E-state index contributed by atoms with van der Waals surface area (Å²) in [6.07, 6.45) is 2.48. The molecule has 0 fully saturated rings. The first-order valence-corrected chi connectivity index (χ1v) is 6.94. The summed E-state index contributed by atoms with van der Waals surface area (Å²) in [4.78, 5) is 0. The van der Waals surface area contributed by atoms with Crippen LogP contribution in [0.3, 0.4) is 0 Å². The van der Waals surface area contributed by atoms with Crippen molar-refractivity contribution in [2.75, 3.05) is 5.32 Å². The Morgan fingerprint density at radius 1 is 1.00 bits per heavy atom. The fourth-order valence-corrected chi connectivity index (χ4v) is 2.39. The van der Waals surface area contributed by atoms with Crippen LogP contribution in [0.2, 0.25) is 0 Å². The van der Waals surface area contributed by atoms with Gasteiger partial charge >= 0.3 is 0 Å². The minimum absolute atomic E-state index is 0.529. The standard InChI is InChI=1S/C17H23N/c1-4-13(2)11-14(3)18-17-10-9-15-7-5-6-8-16(15)12-17/h5-10,12-14,18H,4,11H2,1-3H3. The molecule has 0 amide bonds. The quantitative estimate of drug-likeness (QED) is 0.770. The van der Waals surface area contributed by atoms with Gasteiger partial charge in [0, 0.05) is 11.7 Å². The van der Waals surface area contributed by atoms with E-state index in [1.807, 2.05) is 0 Å². The van der Waals surface area contributed by atoms with Gasteiger partial charge in [-0.3, -0.25) is 0 Å². The van der Waals surface area contributed by atoms with E-state index in [0.717, 1.165) is 5.92 Å². The van der Waals surface area contributed by atoms with Gasteiger partial charge < -0.3 is 5.32 Å². The molecule has 0 bridgehead atoms. The second-order valence-electron chi connectivity index (χ2n) is 5.36. The van der Waals surface area contributed by atoms with Crippen LogP contribution in [0, 0.1) is 5.92 Å². The fraction of sp³-hybridized carbons (Fsp3) is 0.412.